The minimum atomic E-state index is -1.76. The molecule has 0 aliphatic heterocycles. The second kappa shape index (κ2) is 11.1. The van der Waals surface area contributed by atoms with Crippen LogP contribution in [0.1, 0.15) is 39.0 Å². The number of alkyl halides is 3. The summed E-state index contributed by atoms with van der Waals surface area (Å²) >= 11 is 23.5. The first-order chi connectivity index (χ1) is 13.3. The van der Waals surface area contributed by atoms with Crippen molar-refractivity contribution in [3.63, 3.8) is 0 Å². The smallest absolute Gasteiger partial charge is 0.228 e. The Morgan fingerprint density at radius 3 is 2.46 bits per heavy atom. The molecule has 0 saturated heterocycles. The van der Waals surface area contributed by atoms with E-state index in [2.05, 4.69) is 22.9 Å². The number of hydrogen-bond donors (Lipinski definition) is 3. The van der Waals surface area contributed by atoms with Crippen molar-refractivity contribution in [1.29, 1.82) is 0 Å². The number of halogens is 3. The molecule has 1 atom stereocenters. The average molecular weight is 461 g/mol. The summed E-state index contributed by atoms with van der Waals surface area (Å²) in [7, 11) is 0. The lowest BCUT2D eigenvalue weighted by molar-refractivity contribution is -0.122. The summed E-state index contributed by atoms with van der Waals surface area (Å²) in [5.41, 5.74) is 0.824. The normalized spacial score (nSPS) is 12.4. The van der Waals surface area contributed by atoms with E-state index in [4.69, 9.17) is 47.0 Å². The molecule has 0 aromatic heterocycles. The second-order valence-electron chi connectivity index (χ2n) is 6.48. The molecule has 1 amide bonds. The van der Waals surface area contributed by atoms with Crippen LogP contribution in [-0.4, -0.2) is 21.0 Å². The standard InChI is InChI=1S/C20H24Cl3N3OS/c1-2-3-4-5-13-17(27)25-18(20(21,22)23)26-19(28)24-16-12-8-10-14-9-6-7-11-15(14)16/h6-12,18H,2-5,13H2,1H3,(H,25,27)(H2,24,26,28)/t18-/m1/s1. The zero-order valence-electron chi connectivity index (χ0n) is 15.6. The van der Waals surface area contributed by atoms with Crippen LogP contribution in [0.2, 0.25) is 0 Å². The van der Waals surface area contributed by atoms with E-state index in [9.17, 15) is 4.79 Å². The van der Waals surface area contributed by atoms with Crippen molar-refractivity contribution in [2.75, 3.05) is 5.32 Å². The lowest BCUT2D eigenvalue weighted by Gasteiger charge is -2.28. The van der Waals surface area contributed by atoms with Crippen LogP contribution in [0.3, 0.4) is 0 Å². The summed E-state index contributed by atoms with van der Waals surface area (Å²) in [6.45, 7) is 2.12. The van der Waals surface area contributed by atoms with Crippen LogP contribution in [0.4, 0.5) is 5.69 Å². The summed E-state index contributed by atoms with van der Waals surface area (Å²) in [5.74, 6) is -0.187. The minimum Gasteiger partial charge on any atom is -0.339 e. The molecule has 0 heterocycles. The Bertz CT molecular complexity index is 805. The predicted molar refractivity (Wildman–Crippen MR) is 124 cm³/mol. The van der Waals surface area contributed by atoms with Crippen LogP contribution in [0.25, 0.3) is 10.8 Å². The molecule has 0 aliphatic carbocycles. The highest BCUT2D eigenvalue weighted by molar-refractivity contribution is 7.80. The van der Waals surface area contributed by atoms with Gasteiger partial charge in [0.05, 0.1) is 0 Å². The summed E-state index contributed by atoms with van der Waals surface area (Å²) in [5, 5.41) is 11.1. The third-order valence-corrected chi connectivity index (χ3v) is 5.08. The van der Waals surface area contributed by atoms with E-state index in [-0.39, 0.29) is 11.0 Å². The highest BCUT2D eigenvalue weighted by Crippen LogP contribution is 2.29. The Kier molecular flexibility index (Phi) is 9.09. The summed E-state index contributed by atoms with van der Waals surface area (Å²) in [6.07, 6.45) is 3.42. The maximum atomic E-state index is 12.2. The number of amides is 1. The zero-order chi connectivity index (χ0) is 20.6. The average Bonchev–Trinajstić information content (AvgIpc) is 2.64. The van der Waals surface area contributed by atoms with E-state index in [1.165, 1.54) is 0 Å². The van der Waals surface area contributed by atoms with Gasteiger partial charge >= 0.3 is 0 Å². The minimum absolute atomic E-state index is 0.187. The maximum absolute atomic E-state index is 12.2. The third-order valence-electron chi connectivity index (χ3n) is 4.20. The van der Waals surface area contributed by atoms with Gasteiger partial charge in [-0.3, -0.25) is 4.79 Å². The fraction of sp³-hybridized carbons (Fsp3) is 0.400. The van der Waals surface area contributed by atoms with Gasteiger partial charge in [-0.1, -0.05) is 97.4 Å². The number of hydrogen-bond acceptors (Lipinski definition) is 2. The van der Waals surface area contributed by atoms with Crippen LogP contribution >= 0.6 is 47.0 Å². The Hall–Kier alpha value is -1.27. The molecule has 28 heavy (non-hydrogen) atoms. The molecule has 0 spiro atoms. The van der Waals surface area contributed by atoms with Gasteiger partial charge in [0.2, 0.25) is 9.70 Å². The third kappa shape index (κ3) is 7.28. The van der Waals surface area contributed by atoms with Crippen molar-refractivity contribution in [2.45, 2.75) is 49.0 Å². The Labute approximate surface area is 186 Å². The second-order valence-corrected chi connectivity index (χ2v) is 9.26. The Morgan fingerprint density at radius 1 is 1.04 bits per heavy atom. The Morgan fingerprint density at radius 2 is 1.75 bits per heavy atom. The number of carbonyl (C=O) groups is 1. The predicted octanol–water partition coefficient (Wildman–Crippen LogP) is 5.91. The Balaban J connectivity index is 1.99. The highest BCUT2D eigenvalue weighted by Gasteiger charge is 2.34. The number of nitrogens with one attached hydrogen (secondary N) is 3. The number of fused-ring (bicyclic) bond motifs is 1. The molecular formula is C20H24Cl3N3OS. The van der Waals surface area contributed by atoms with Crippen molar-refractivity contribution in [2.24, 2.45) is 0 Å². The van der Waals surface area contributed by atoms with Gasteiger partial charge in [0, 0.05) is 17.5 Å². The van der Waals surface area contributed by atoms with Gasteiger partial charge in [0.1, 0.15) is 6.17 Å². The lowest BCUT2D eigenvalue weighted by atomic mass is 10.1. The SMILES string of the molecule is CCCCCCC(=O)N[C@H](NC(=S)Nc1cccc2ccccc12)C(Cl)(Cl)Cl. The van der Waals surface area contributed by atoms with Crippen LogP contribution in [0, 0.1) is 0 Å². The van der Waals surface area contributed by atoms with Crippen molar-refractivity contribution < 1.29 is 4.79 Å². The van der Waals surface area contributed by atoms with Gasteiger partial charge in [0.25, 0.3) is 0 Å². The molecule has 0 unspecified atom stereocenters. The lowest BCUT2D eigenvalue weighted by Crippen LogP contribution is -2.56. The van der Waals surface area contributed by atoms with Gasteiger partial charge in [-0.2, -0.15) is 0 Å². The topological polar surface area (TPSA) is 53.2 Å². The number of rotatable bonds is 8. The monoisotopic (exact) mass is 459 g/mol. The zero-order valence-corrected chi connectivity index (χ0v) is 18.7. The molecule has 0 saturated carbocycles. The largest absolute Gasteiger partial charge is 0.339 e. The van der Waals surface area contributed by atoms with Crippen molar-refractivity contribution in [3.05, 3.63) is 42.5 Å². The molecule has 2 aromatic rings. The van der Waals surface area contributed by atoms with Crippen LogP contribution in [-0.2, 0) is 4.79 Å². The first kappa shape index (κ1) is 23.0. The molecule has 2 aromatic carbocycles. The van der Waals surface area contributed by atoms with E-state index in [1.807, 2.05) is 42.5 Å². The van der Waals surface area contributed by atoms with E-state index >= 15 is 0 Å². The molecule has 0 aliphatic rings. The van der Waals surface area contributed by atoms with Crippen molar-refractivity contribution in [1.82, 2.24) is 10.6 Å². The van der Waals surface area contributed by atoms with Gasteiger partial charge in [-0.15, -0.1) is 0 Å². The van der Waals surface area contributed by atoms with Crippen LogP contribution in [0.15, 0.2) is 42.5 Å². The first-order valence-corrected chi connectivity index (χ1v) is 10.8. The number of thiocarbonyl (C=S) groups is 1. The molecule has 8 heteroatoms. The van der Waals surface area contributed by atoms with Crippen molar-refractivity contribution in [3.8, 4) is 0 Å². The molecule has 0 radical (unpaired) electrons. The number of unbranched alkanes of at least 4 members (excludes halogenated alkanes) is 3. The molecule has 0 fully saturated rings. The fourth-order valence-electron chi connectivity index (χ4n) is 2.77. The number of anilines is 1. The molecule has 2 rings (SSSR count). The molecule has 3 N–H and O–H groups in total. The van der Waals surface area contributed by atoms with Crippen LogP contribution < -0.4 is 16.0 Å². The number of benzene rings is 2. The van der Waals surface area contributed by atoms with Crippen LogP contribution in [0.5, 0.6) is 0 Å². The highest BCUT2D eigenvalue weighted by atomic mass is 35.6. The molecule has 4 nitrogen and oxygen atoms in total. The van der Waals surface area contributed by atoms with Crippen molar-refractivity contribution >= 4 is 74.5 Å². The van der Waals surface area contributed by atoms with Gasteiger partial charge in [0.15, 0.2) is 5.11 Å². The fourth-order valence-corrected chi connectivity index (χ4v) is 3.32. The molecule has 0 bridgehead atoms. The van der Waals surface area contributed by atoms with Gasteiger partial charge in [-0.05, 0) is 30.1 Å². The van der Waals surface area contributed by atoms with E-state index in [0.29, 0.717) is 6.42 Å². The van der Waals surface area contributed by atoms with E-state index < -0.39 is 9.96 Å². The summed E-state index contributed by atoms with van der Waals surface area (Å²) < 4.78 is -1.76. The maximum Gasteiger partial charge on any atom is 0.228 e. The quantitative estimate of drug-likeness (QED) is 0.198. The first-order valence-electron chi connectivity index (χ1n) is 9.22. The summed E-state index contributed by atoms with van der Waals surface area (Å²) in [4.78, 5) is 12.2. The van der Waals surface area contributed by atoms with E-state index in [1.54, 1.807) is 0 Å². The number of carbonyl (C=O) groups excluding carboxylic acids is 1. The molecule has 152 valence electrons. The van der Waals surface area contributed by atoms with Gasteiger partial charge in [-0.25, -0.2) is 0 Å². The van der Waals surface area contributed by atoms with Gasteiger partial charge < -0.3 is 16.0 Å². The molecular weight excluding hydrogens is 437 g/mol. The van der Waals surface area contributed by atoms with E-state index in [0.717, 1.165) is 42.1 Å². The summed E-state index contributed by atoms with van der Waals surface area (Å²) in [6, 6.07) is 13.8.